The Hall–Kier alpha value is -0.0400. The Bertz CT molecular complexity index is 155. The first-order chi connectivity index (χ1) is 5.77. The van der Waals surface area contributed by atoms with Gasteiger partial charge in [0.15, 0.2) is 0 Å². The fourth-order valence-corrected chi connectivity index (χ4v) is 3.12. The molecule has 0 radical (unpaired) electrons. The van der Waals surface area contributed by atoms with Gasteiger partial charge in [-0.1, -0.05) is 26.2 Å². The maximum atomic E-state index is 2.52. The van der Waals surface area contributed by atoms with E-state index in [1.54, 1.807) is 0 Å². The molecule has 1 nitrogen and oxygen atoms in total. The van der Waals surface area contributed by atoms with Gasteiger partial charge in [0.05, 0.1) is 0 Å². The second-order valence-electron chi connectivity index (χ2n) is 4.88. The van der Waals surface area contributed by atoms with E-state index >= 15 is 0 Å². The zero-order chi connectivity index (χ0) is 8.55. The molecule has 0 amide bonds. The molecule has 2 aliphatic rings. The molecule has 1 saturated heterocycles. The van der Waals surface area contributed by atoms with Crippen LogP contribution in [-0.4, -0.2) is 25.0 Å². The molecule has 12 heavy (non-hydrogen) atoms. The van der Waals surface area contributed by atoms with Crippen molar-refractivity contribution in [2.24, 2.45) is 17.8 Å². The number of piperidine rings is 1. The summed E-state index contributed by atoms with van der Waals surface area (Å²) in [5.41, 5.74) is 0. The van der Waals surface area contributed by atoms with Crippen LogP contribution in [0.25, 0.3) is 0 Å². The second kappa shape index (κ2) is 3.37. The van der Waals surface area contributed by atoms with Crippen LogP contribution in [0.3, 0.4) is 0 Å². The molecule has 0 aromatic heterocycles. The first-order valence-corrected chi connectivity index (χ1v) is 5.46. The Morgan fingerprint density at radius 2 is 2.00 bits per heavy atom. The Labute approximate surface area is 76.1 Å². The summed E-state index contributed by atoms with van der Waals surface area (Å²) >= 11 is 0. The first kappa shape index (κ1) is 8.55. The van der Waals surface area contributed by atoms with E-state index in [1.807, 2.05) is 0 Å². The SMILES string of the molecule is C[C@@H]1CCCC2CCN(C)CC21. The van der Waals surface area contributed by atoms with Crippen LogP contribution in [0.15, 0.2) is 0 Å². The lowest BCUT2D eigenvalue weighted by atomic mass is 9.70. The van der Waals surface area contributed by atoms with Crippen molar-refractivity contribution in [2.75, 3.05) is 20.1 Å². The first-order valence-electron chi connectivity index (χ1n) is 5.46. The molecular weight excluding hydrogens is 146 g/mol. The van der Waals surface area contributed by atoms with Gasteiger partial charge in [-0.25, -0.2) is 0 Å². The molecule has 2 rings (SSSR count). The number of fused-ring (bicyclic) bond motifs is 1. The van der Waals surface area contributed by atoms with E-state index in [2.05, 4.69) is 18.9 Å². The fourth-order valence-electron chi connectivity index (χ4n) is 3.12. The monoisotopic (exact) mass is 167 g/mol. The third-order valence-corrected chi connectivity index (χ3v) is 3.97. The number of likely N-dealkylation sites (tertiary alicyclic amines) is 1. The zero-order valence-electron chi connectivity index (χ0n) is 8.42. The minimum absolute atomic E-state index is 0.992. The molecule has 1 aliphatic carbocycles. The topological polar surface area (TPSA) is 3.24 Å². The van der Waals surface area contributed by atoms with Crippen LogP contribution in [0.2, 0.25) is 0 Å². The molecule has 1 heteroatoms. The smallest absolute Gasteiger partial charge is 0.00118 e. The van der Waals surface area contributed by atoms with Crippen molar-refractivity contribution in [1.82, 2.24) is 4.90 Å². The summed E-state index contributed by atoms with van der Waals surface area (Å²) in [6.45, 7) is 5.16. The summed E-state index contributed by atoms with van der Waals surface area (Å²) in [5, 5.41) is 0. The lowest BCUT2D eigenvalue weighted by Crippen LogP contribution is -2.42. The normalized spacial score (nSPS) is 44.0. The third-order valence-electron chi connectivity index (χ3n) is 3.97. The van der Waals surface area contributed by atoms with E-state index < -0.39 is 0 Å². The minimum atomic E-state index is 0.992. The van der Waals surface area contributed by atoms with Crippen molar-refractivity contribution in [3.05, 3.63) is 0 Å². The van der Waals surface area contributed by atoms with Crippen LogP contribution in [0.4, 0.5) is 0 Å². The van der Waals surface area contributed by atoms with Gasteiger partial charge in [-0.3, -0.25) is 0 Å². The lowest BCUT2D eigenvalue weighted by molar-refractivity contribution is 0.0653. The van der Waals surface area contributed by atoms with Gasteiger partial charge in [-0.15, -0.1) is 0 Å². The molecule has 0 aromatic carbocycles. The second-order valence-corrected chi connectivity index (χ2v) is 4.88. The van der Waals surface area contributed by atoms with Crippen molar-refractivity contribution in [1.29, 1.82) is 0 Å². The summed E-state index contributed by atoms with van der Waals surface area (Å²) in [6.07, 6.45) is 5.95. The molecular formula is C11H21N. The molecule has 0 bridgehead atoms. The van der Waals surface area contributed by atoms with Crippen LogP contribution in [-0.2, 0) is 0 Å². The molecule has 2 fully saturated rings. The average Bonchev–Trinajstić information content (AvgIpc) is 2.07. The Morgan fingerprint density at radius 1 is 1.17 bits per heavy atom. The van der Waals surface area contributed by atoms with Crippen molar-refractivity contribution < 1.29 is 0 Å². The van der Waals surface area contributed by atoms with E-state index in [9.17, 15) is 0 Å². The third kappa shape index (κ3) is 1.52. The van der Waals surface area contributed by atoms with Gasteiger partial charge < -0.3 is 4.90 Å². The molecule has 1 aliphatic heterocycles. The summed E-state index contributed by atoms with van der Waals surface area (Å²) < 4.78 is 0. The lowest BCUT2D eigenvalue weighted by Gasteiger charge is -2.43. The summed E-state index contributed by atoms with van der Waals surface area (Å²) in [7, 11) is 2.28. The number of hydrogen-bond donors (Lipinski definition) is 0. The molecule has 3 atom stereocenters. The largest absolute Gasteiger partial charge is 0.306 e. The van der Waals surface area contributed by atoms with E-state index in [0.717, 1.165) is 17.8 Å². The van der Waals surface area contributed by atoms with Crippen LogP contribution in [0, 0.1) is 17.8 Å². The van der Waals surface area contributed by atoms with Crippen molar-refractivity contribution in [3.8, 4) is 0 Å². The minimum Gasteiger partial charge on any atom is -0.306 e. The molecule has 0 spiro atoms. The van der Waals surface area contributed by atoms with Gasteiger partial charge >= 0.3 is 0 Å². The van der Waals surface area contributed by atoms with Crippen molar-refractivity contribution in [2.45, 2.75) is 32.6 Å². The van der Waals surface area contributed by atoms with E-state index in [0.29, 0.717) is 0 Å². The Morgan fingerprint density at radius 3 is 2.83 bits per heavy atom. The molecule has 0 N–H and O–H groups in total. The van der Waals surface area contributed by atoms with Crippen LogP contribution in [0.1, 0.15) is 32.6 Å². The van der Waals surface area contributed by atoms with Gasteiger partial charge in [-0.2, -0.15) is 0 Å². The van der Waals surface area contributed by atoms with E-state index in [4.69, 9.17) is 0 Å². The predicted molar refractivity (Wildman–Crippen MR) is 52.1 cm³/mol. The van der Waals surface area contributed by atoms with E-state index in [1.165, 1.54) is 38.8 Å². The standard InChI is InChI=1S/C11H21N/c1-9-4-3-5-10-6-7-12(2)8-11(9)10/h9-11H,3-8H2,1-2H3/t9-,10?,11?/m1/s1. The van der Waals surface area contributed by atoms with Gasteiger partial charge in [0.25, 0.3) is 0 Å². The molecule has 1 saturated carbocycles. The van der Waals surface area contributed by atoms with Crippen molar-refractivity contribution >= 4 is 0 Å². The maximum absolute atomic E-state index is 2.52. The van der Waals surface area contributed by atoms with Gasteiger partial charge in [0.1, 0.15) is 0 Å². The average molecular weight is 167 g/mol. The van der Waals surface area contributed by atoms with Gasteiger partial charge in [-0.05, 0) is 37.8 Å². The molecule has 0 aromatic rings. The predicted octanol–water partition coefficient (Wildman–Crippen LogP) is 2.37. The fraction of sp³-hybridized carbons (Fsp3) is 1.00. The molecule has 70 valence electrons. The highest BCUT2D eigenvalue weighted by Crippen LogP contribution is 2.39. The Kier molecular flexibility index (Phi) is 2.40. The van der Waals surface area contributed by atoms with Crippen LogP contribution >= 0.6 is 0 Å². The van der Waals surface area contributed by atoms with Crippen LogP contribution < -0.4 is 0 Å². The highest BCUT2D eigenvalue weighted by Gasteiger charge is 2.33. The summed E-state index contributed by atoms with van der Waals surface area (Å²) in [4.78, 5) is 2.52. The number of hydrogen-bond acceptors (Lipinski definition) is 1. The summed E-state index contributed by atoms with van der Waals surface area (Å²) in [6, 6.07) is 0. The van der Waals surface area contributed by atoms with Crippen LogP contribution in [0.5, 0.6) is 0 Å². The molecule has 1 heterocycles. The van der Waals surface area contributed by atoms with Crippen molar-refractivity contribution in [3.63, 3.8) is 0 Å². The van der Waals surface area contributed by atoms with E-state index in [-0.39, 0.29) is 0 Å². The quantitative estimate of drug-likeness (QED) is 0.535. The maximum Gasteiger partial charge on any atom is 0.00118 e. The van der Waals surface area contributed by atoms with Gasteiger partial charge in [0.2, 0.25) is 0 Å². The highest BCUT2D eigenvalue weighted by molar-refractivity contribution is 4.85. The summed E-state index contributed by atoms with van der Waals surface area (Å²) in [5.74, 6) is 3.09. The molecule has 2 unspecified atom stereocenters. The van der Waals surface area contributed by atoms with Gasteiger partial charge in [0, 0.05) is 6.54 Å². The number of rotatable bonds is 0. The Balaban J connectivity index is 2.00. The zero-order valence-corrected chi connectivity index (χ0v) is 8.42. The highest BCUT2D eigenvalue weighted by atomic mass is 15.1. The number of nitrogens with zero attached hydrogens (tertiary/aromatic N) is 1.